The van der Waals surface area contributed by atoms with Crippen molar-refractivity contribution in [3.8, 4) is 17.0 Å². The minimum Gasteiger partial charge on any atom is -0.507 e. The van der Waals surface area contributed by atoms with Crippen LogP contribution in [0.2, 0.25) is 5.02 Å². The monoisotopic (exact) mass is 470 g/mol. The van der Waals surface area contributed by atoms with E-state index in [4.69, 9.17) is 28.9 Å². The molecule has 6 nitrogen and oxygen atoms in total. The molecule has 0 bridgehead atoms. The second-order valence-corrected chi connectivity index (χ2v) is 8.87. The van der Waals surface area contributed by atoms with Crippen molar-refractivity contribution in [2.24, 2.45) is 0 Å². The first-order valence-corrected chi connectivity index (χ1v) is 10.7. The normalized spacial score (nSPS) is 15.1. The molecule has 31 heavy (non-hydrogen) atoms. The molecule has 1 aliphatic heterocycles. The van der Waals surface area contributed by atoms with Crippen molar-refractivity contribution < 1.29 is 19.8 Å². The number of aromatic hydroxyl groups is 1. The van der Waals surface area contributed by atoms with Gasteiger partial charge in [-0.1, -0.05) is 53.8 Å². The van der Waals surface area contributed by atoms with E-state index in [-0.39, 0.29) is 17.2 Å². The van der Waals surface area contributed by atoms with Gasteiger partial charge in [0.25, 0.3) is 5.91 Å². The highest BCUT2D eigenvalue weighted by Crippen LogP contribution is 2.34. The fraction of sp³-hybridized carbons (Fsp3) is 0.0455. The Bertz CT molecular complexity index is 1230. The Morgan fingerprint density at radius 3 is 2.58 bits per heavy atom. The second-order valence-electron chi connectivity index (χ2n) is 6.76. The smallest absolute Gasteiger partial charge is 0.339 e. The third-order valence-electron chi connectivity index (χ3n) is 4.66. The van der Waals surface area contributed by atoms with Crippen LogP contribution in [0.15, 0.2) is 59.5 Å². The highest BCUT2D eigenvalue weighted by Gasteiger charge is 2.32. The van der Waals surface area contributed by atoms with Gasteiger partial charge in [0.2, 0.25) is 0 Å². The minimum atomic E-state index is -1.20. The van der Waals surface area contributed by atoms with Crippen LogP contribution in [0, 0.1) is 0 Å². The minimum absolute atomic E-state index is 0.167. The zero-order valence-electron chi connectivity index (χ0n) is 15.8. The number of benzene rings is 2. The van der Waals surface area contributed by atoms with Gasteiger partial charge in [-0.05, 0) is 48.0 Å². The van der Waals surface area contributed by atoms with Gasteiger partial charge in [0, 0.05) is 22.0 Å². The number of aromatic nitrogens is 1. The number of H-pyrrole nitrogens is 1. The van der Waals surface area contributed by atoms with Crippen LogP contribution in [-0.2, 0) is 11.3 Å². The number of phenols is 1. The molecule has 9 heteroatoms. The van der Waals surface area contributed by atoms with Crippen LogP contribution in [0.3, 0.4) is 0 Å². The van der Waals surface area contributed by atoms with Crippen molar-refractivity contribution >= 4 is 57.9 Å². The number of nitrogens with one attached hydrogen (secondary N) is 1. The number of carboxylic acid groups (broad SMARTS) is 1. The lowest BCUT2D eigenvalue weighted by Crippen LogP contribution is -2.27. The Morgan fingerprint density at radius 2 is 1.90 bits per heavy atom. The van der Waals surface area contributed by atoms with Gasteiger partial charge >= 0.3 is 5.97 Å². The number of carboxylic acids is 1. The zero-order chi connectivity index (χ0) is 22.1. The highest BCUT2D eigenvalue weighted by atomic mass is 35.5. The number of nitrogens with zero attached hydrogens (tertiary/aromatic N) is 1. The Hall–Kier alpha value is -3.07. The summed E-state index contributed by atoms with van der Waals surface area (Å²) >= 11 is 12.5. The average Bonchev–Trinajstić information content (AvgIpc) is 3.29. The number of aromatic amines is 1. The predicted octanol–water partition coefficient (Wildman–Crippen LogP) is 5.14. The van der Waals surface area contributed by atoms with E-state index in [0.717, 1.165) is 5.56 Å². The molecule has 3 N–H and O–H groups in total. The number of aromatic carboxylic acids is 1. The molecule has 1 aromatic heterocycles. The maximum Gasteiger partial charge on any atom is 0.339 e. The number of carbonyl (C=O) groups excluding carboxylic acids is 1. The van der Waals surface area contributed by atoms with E-state index in [9.17, 15) is 14.7 Å². The van der Waals surface area contributed by atoms with E-state index >= 15 is 0 Å². The van der Waals surface area contributed by atoms with Crippen molar-refractivity contribution in [3.05, 3.63) is 81.3 Å². The number of thioether (sulfide) groups is 1. The molecule has 2 heterocycles. The van der Waals surface area contributed by atoms with Crippen LogP contribution in [0.5, 0.6) is 5.75 Å². The number of hydrogen-bond acceptors (Lipinski definition) is 5. The lowest BCUT2D eigenvalue weighted by atomic mass is 10.1. The fourth-order valence-corrected chi connectivity index (χ4v) is 4.47. The summed E-state index contributed by atoms with van der Waals surface area (Å²) in [4.78, 5) is 29.1. The van der Waals surface area contributed by atoms with E-state index < -0.39 is 5.97 Å². The first-order valence-electron chi connectivity index (χ1n) is 9.07. The molecule has 3 aromatic rings. The molecule has 0 unspecified atom stereocenters. The van der Waals surface area contributed by atoms with Crippen LogP contribution >= 0.6 is 35.6 Å². The maximum atomic E-state index is 12.8. The van der Waals surface area contributed by atoms with Crippen LogP contribution in [0.1, 0.15) is 21.6 Å². The third-order valence-corrected chi connectivity index (χ3v) is 6.29. The average molecular weight is 471 g/mol. The van der Waals surface area contributed by atoms with E-state index in [2.05, 4.69) is 4.98 Å². The van der Waals surface area contributed by atoms with E-state index in [1.54, 1.807) is 41.3 Å². The summed E-state index contributed by atoms with van der Waals surface area (Å²) in [5.41, 5.74) is 2.74. The van der Waals surface area contributed by atoms with E-state index in [1.807, 2.05) is 12.1 Å². The molecule has 1 amide bonds. The molecule has 2 aromatic carbocycles. The molecule has 4 rings (SSSR count). The summed E-state index contributed by atoms with van der Waals surface area (Å²) in [5.74, 6) is -1.69. The summed E-state index contributed by atoms with van der Waals surface area (Å²) < 4.78 is 0.479. The van der Waals surface area contributed by atoms with Crippen LogP contribution in [0.25, 0.3) is 17.3 Å². The SMILES string of the molecule is O=C(O)c1ccc(-c2ccc(C=C3SC(=S)N(Cc4ccc(Cl)cc4)C3=O)[nH]2)cc1O. The maximum absolute atomic E-state index is 12.8. The van der Waals surface area contributed by atoms with E-state index in [0.29, 0.717) is 37.7 Å². The number of rotatable bonds is 5. The van der Waals surface area contributed by atoms with Gasteiger partial charge in [0.05, 0.1) is 11.4 Å². The number of halogens is 1. The van der Waals surface area contributed by atoms with Crippen molar-refractivity contribution in [2.75, 3.05) is 0 Å². The van der Waals surface area contributed by atoms with Crippen molar-refractivity contribution in [2.45, 2.75) is 6.54 Å². The first kappa shape index (κ1) is 21.2. The van der Waals surface area contributed by atoms with E-state index in [1.165, 1.54) is 23.9 Å². The van der Waals surface area contributed by atoms with Crippen molar-refractivity contribution in [1.82, 2.24) is 9.88 Å². The Labute approximate surface area is 192 Å². The molecular formula is C22H15ClN2O4S2. The summed E-state index contributed by atoms with van der Waals surface area (Å²) in [6, 6.07) is 15.2. The molecule has 0 spiro atoms. The van der Waals surface area contributed by atoms with Gasteiger partial charge in [-0.25, -0.2) is 4.79 Å². The predicted molar refractivity (Wildman–Crippen MR) is 125 cm³/mol. The van der Waals surface area contributed by atoms with Crippen LogP contribution in [0.4, 0.5) is 0 Å². The van der Waals surface area contributed by atoms with Gasteiger partial charge in [-0.15, -0.1) is 0 Å². The summed E-state index contributed by atoms with van der Waals surface area (Å²) in [7, 11) is 0. The zero-order valence-corrected chi connectivity index (χ0v) is 18.2. The Kier molecular flexibility index (Phi) is 5.86. The van der Waals surface area contributed by atoms with Crippen molar-refractivity contribution in [1.29, 1.82) is 0 Å². The summed E-state index contributed by atoms with van der Waals surface area (Å²) in [6.45, 7) is 0.365. The topological polar surface area (TPSA) is 93.6 Å². The van der Waals surface area contributed by atoms with Gasteiger partial charge in [0.15, 0.2) is 0 Å². The lowest BCUT2D eigenvalue weighted by Gasteiger charge is -2.14. The van der Waals surface area contributed by atoms with Crippen LogP contribution in [-0.4, -0.2) is 36.3 Å². The number of hydrogen-bond donors (Lipinski definition) is 3. The summed E-state index contributed by atoms with van der Waals surface area (Å²) in [5, 5.41) is 19.6. The molecule has 1 saturated heterocycles. The first-order chi connectivity index (χ1) is 14.8. The third kappa shape index (κ3) is 4.51. The second kappa shape index (κ2) is 8.58. The number of thiocarbonyl (C=S) groups is 1. The number of amides is 1. The molecule has 0 radical (unpaired) electrons. The molecule has 1 fully saturated rings. The van der Waals surface area contributed by atoms with Crippen LogP contribution < -0.4 is 0 Å². The van der Waals surface area contributed by atoms with Gasteiger partial charge in [0.1, 0.15) is 15.6 Å². The van der Waals surface area contributed by atoms with Crippen molar-refractivity contribution in [3.63, 3.8) is 0 Å². The molecule has 0 saturated carbocycles. The Balaban J connectivity index is 1.53. The molecule has 0 aliphatic carbocycles. The quantitative estimate of drug-likeness (QED) is 0.353. The molecule has 156 valence electrons. The lowest BCUT2D eigenvalue weighted by molar-refractivity contribution is -0.122. The van der Waals surface area contributed by atoms with Gasteiger partial charge in [-0.3, -0.25) is 9.69 Å². The largest absolute Gasteiger partial charge is 0.507 e. The molecule has 0 atom stereocenters. The number of carbonyl (C=O) groups is 2. The highest BCUT2D eigenvalue weighted by molar-refractivity contribution is 8.26. The molecular weight excluding hydrogens is 456 g/mol. The summed E-state index contributed by atoms with van der Waals surface area (Å²) in [6.07, 6.45) is 1.72. The standard InChI is InChI=1S/C22H15ClN2O4S2/c23-14-4-1-12(2-5-14)11-25-20(27)19(31-22(25)30)10-15-6-8-17(24-15)13-3-7-16(21(28)29)18(26)9-13/h1-10,24,26H,11H2,(H,28,29). The Morgan fingerprint density at radius 1 is 1.16 bits per heavy atom. The molecule has 1 aliphatic rings. The van der Waals surface area contributed by atoms with Gasteiger partial charge < -0.3 is 15.2 Å². The fourth-order valence-electron chi connectivity index (χ4n) is 3.09. The van der Waals surface area contributed by atoms with Gasteiger partial charge in [-0.2, -0.15) is 0 Å².